The van der Waals surface area contributed by atoms with Gasteiger partial charge in [-0.05, 0) is 31.7 Å². The van der Waals surface area contributed by atoms with E-state index in [2.05, 4.69) is 29.5 Å². The molecule has 1 aromatic rings. The van der Waals surface area contributed by atoms with E-state index in [-0.39, 0.29) is 11.8 Å². The molecule has 0 spiro atoms. The summed E-state index contributed by atoms with van der Waals surface area (Å²) in [5, 5.41) is 17.2. The van der Waals surface area contributed by atoms with Crippen LogP contribution in [0.2, 0.25) is 0 Å². The van der Waals surface area contributed by atoms with Crippen LogP contribution in [0.5, 0.6) is 0 Å². The molecule has 0 aliphatic carbocycles. The van der Waals surface area contributed by atoms with E-state index in [1.807, 2.05) is 13.8 Å². The molecule has 7 heteroatoms. The van der Waals surface area contributed by atoms with Gasteiger partial charge in [0.25, 0.3) is 5.69 Å². The van der Waals surface area contributed by atoms with Gasteiger partial charge in [0.1, 0.15) is 0 Å². The molecule has 2 N–H and O–H groups in total. The van der Waals surface area contributed by atoms with Crippen molar-refractivity contribution in [3.8, 4) is 0 Å². The Morgan fingerprint density at radius 2 is 1.92 bits per heavy atom. The monoisotopic (exact) mass is 350 g/mol. The fourth-order valence-electron chi connectivity index (χ4n) is 2.39. The number of non-ortho nitro benzene ring substituents is 1. The Balaban J connectivity index is 2.56. The summed E-state index contributed by atoms with van der Waals surface area (Å²) in [7, 11) is 0. The van der Waals surface area contributed by atoms with Gasteiger partial charge >= 0.3 is 0 Å². The molecule has 1 aromatic carbocycles. The first-order valence-corrected chi connectivity index (χ1v) is 8.85. The Morgan fingerprint density at radius 3 is 2.44 bits per heavy atom. The molecule has 1 atom stereocenters. The van der Waals surface area contributed by atoms with Crippen LogP contribution < -0.4 is 10.6 Å². The number of hydrogen-bond donors (Lipinski definition) is 2. The van der Waals surface area contributed by atoms with Gasteiger partial charge in [-0.3, -0.25) is 10.1 Å². The Kier molecular flexibility index (Phi) is 9.54. The summed E-state index contributed by atoms with van der Waals surface area (Å²) < 4.78 is 5.75. The molecule has 0 saturated heterocycles. The highest BCUT2D eigenvalue weighted by molar-refractivity contribution is 5.79. The number of hydrogen-bond acceptors (Lipinski definition) is 4. The van der Waals surface area contributed by atoms with Crippen molar-refractivity contribution >= 4 is 11.6 Å². The van der Waals surface area contributed by atoms with Crippen LogP contribution in [0.15, 0.2) is 29.3 Å². The van der Waals surface area contributed by atoms with Gasteiger partial charge in [-0.15, -0.1) is 0 Å². The van der Waals surface area contributed by atoms with Gasteiger partial charge < -0.3 is 15.4 Å². The second-order valence-electron chi connectivity index (χ2n) is 6.07. The van der Waals surface area contributed by atoms with Crippen molar-refractivity contribution < 1.29 is 9.66 Å². The number of rotatable bonds is 10. The van der Waals surface area contributed by atoms with E-state index in [9.17, 15) is 10.1 Å². The molecule has 0 aliphatic rings. The molecule has 1 unspecified atom stereocenters. The van der Waals surface area contributed by atoms with Crippen LogP contribution >= 0.6 is 0 Å². The number of ether oxygens (including phenoxy) is 1. The average Bonchev–Trinajstić information content (AvgIpc) is 2.59. The van der Waals surface area contributed by atoms with Gasteiger partial charge in [-0.2, -0.15) is 0 Å². The maximum absolute atomic E-state index is 10.7. The van der Waals surface area contributed by atoms with Crippen molar-refractivity contribution in [2.24, 2.45) is 10.9 Å². The third-order valence-corrected chi connectivity index (χ3v) is 3.76. The predicted molar refractivity (Wildman–Crippen MR) is 101 cm³/mol. The van der Waals surface area contributed by atoms with Crippen LogP contribution in [-0.2, 0) is 11.3 Å². The lowest BCUT2D eigenvalue weighted by Crippen LogP contribution is -2.39. The van der Waals surface area contributed by atoms with Crippen molar-refractivity contribution in [2.45, 2.75) is 46.8 Å². The topological polar surface area (TPSA) is 88.8 Å². The van der Waals surface area contributed by atoms with E-state index in [1.54, 1.807) is 12.1 Å². The third-order valence-electron chi connectivity index (χ3n) is 3.76. The summed E-state index contributed by atoms with van der Waals surface area (Å²) >= 11 is 0. The minimum Gasteiger partial charge on any atom is -0.378 e. The maximum Gasteiger partial charge on any atom is 0.269 e. The largest absolute Gasteiger partial charge is 0.378 e. The molecule has 0 aliphatic heterocycles. The summed E-state index contributed by atoms with van der Waals surface area (Å²) in [6.45, 7) is 11.1. The van der Waals surface area contributed by atoms with Crippen molar-refractivity contribution in [1.82, 2.24) is 10.6 Å². The number of aliphatic imine (C=N–C) groups is 1. The summed E-state index contributed by atoms with van der Waals surface area (Å²) in [5.74, 6) is 1.21. The summed E-state index contributed by atoms with van der Waals surface area (Å²) in [4.78, 5) is 14.8. The number of nitro groups is 1. The van der Waals surface area contributed by atoms with E-state index in [0.717, 1.165) is 37.6 Å². The van der Waals surface area contributed by atoms with Crippen LogP contribution in [0.4, 0.5) is 5.69 Å². The number of nitro benzene ring substituents is 1. The third kappa shape index (κ3) is 7.98. The van der Waals surface area contributed by atoms with E-state index in [0.29, 0.717) is 12.5 Å². The molecule has 140 valence electrons. The van der Waals surface area contributed by atoms with Crippen LogP contribution in [0.25, 0.3) is 0 Å². The molecule has 1 rings (SSSR count). The van der Waals surface area contributed by atoms with Crippen molar-refractivity contribution in [3.63, 3.8) is 0 Å². The minimum absolute atomic E-state index is 0.0911. The highest BCUT2D eigenvalue weighted by atomic mass is 16.6. The van der Waals surface area contributed by atoms with Crippen molar-refractivity contribution in [2.75, 3.05) is 19.7 Å². The first-order valence-electron chi connectivity index (χ1n) is 8.85. The van der Waals surface area contributed by atoms with Crippen molar-refractivity contribution in [1.29, 1.82) is 0 Å². The lowest BCUT2D eigenvalue weighted by atomic mass is 10.0. The van der Waals surface area contributed by atoms with E-state index in [4.69, 9.17) is 4.74 Å². The summed E-state index contributed by atoms with van der Waals surface area (Å²) in [6, 6.07) is 6.46. The van der Waals surface area contributed by atoms with Crippen LogP contribution in [-0.4, -0.2) is 36.7 Å². The smallest absolute Gasteiger partial charge is 0.269 e. The minimum atomic E-state index is -0.401. The van der Waals surface area contributed by atoms with E-state index < -0.39 is 4.92 Å². The molecule has 7 nitrogen and oxygen atoms in total. The predicted octanol–water partition coefficient (Wildman–Crippen LogP) is 3.10. The molecule has 0 amide bonds. The summed E-state index contributed by atoms with van der Waals surface area (Å²) in [5.41, 5.74) is 1.02. The van der Waals surface area contributed by atoms with Gasteiger partial charge in [-0.25, -0.2) is 4.99 Å². The normalized spacial score (nSPS) is 12.9. The molecule has 0 radical (unpaired) electrons. The molecule has 0 heterocycles. The second-order valence-corrected chi connectivity index (χ2v) is 6.07. The van der Waals surface area contributed by atoms with Gasteiger partial charge in [0.05, 0.1) is 17.6 Å². The molecule has 0 saturated carbocycles. The zero-order valence-electron chi connectivity index (χ0n) is 15.6. The number of nitrogens with one attached hydrogen (secondary N) is 2. The molecular weight excluding hydrogens is 320 g/mol. The fraction of sp³-hybridized carbons (Fsp3) is 0.611. The SMILES string of the molecule is CCNC(=NCc1ccc([N+](=O)[O-])cc1)NCCC(OCC)C(C)C. The lowest BCUT2D eigenvalue weighted by Gasteiger charge is -2.21. The highest BCUT2D eigenvalue weighted by Gasteiger charge is 2.13. The van der Waals surface area contributed by atoms with Crippen LogP contribution in [0.1, 0.15) is 39.7 Å². The molecule has 25 heavy (non-hydrogen) atoms. The zero-order valence-corrected chi connectivity index (χ0v) is 15.6. The van der Waals surface area contributed by atoms with Crippen LogP contribution in [0.3, 0.4) is 0 Å². The number of benzene rings is 1. The Morgan fingerprint density at radius 1 is 1.24 bits per heavy atom. The first-order chi connectivity index (χ1) is 12.0. The van der Waals surface area contributed by atoms with Crippen molar-refractivity contribution in [3.05, 3.63) is 39.9 Å². The lowest BCUT2D eigenvalue weighted by molar-refractivity contribution is -0.384. The Labute approximate surface area is 150 Å². The Bertz CT molecular complexity index is 544. The van der Waals surface area contributed by atoms with Gasteiger partial charge in [-0.1, -0.05) is 26.0 Å². The van der Waals surface area contributed by atoms with Gasteiger partial charge in [0, 0.05) is 31.8 Å². The zero-order chi connectivity index (χ0) is 18.7. The maximum atomic E-state index is 10.7. The molecule has 0 aromatic heterocycles. The first kappa shape index (κ1) is 20.9. The number of guanidine groups is 1. The Hall–Kier alpha value is -2.15. The standard InChI is InChI=1S/C18H30N4O3/c1-5-19-18(20-12-11-17(14(3)4)25-6-2)21-13-15-7-9-16(10-8-15)22(23)24/h7-10,14,17H,5-6,11-13H2,1-4H3,(H2,19,20,21). The quantitative estimate of drug-likeness (QED) is 0.293. The summed E-state index contributed by atoms with van der Waals surface area (Å²) in [6.07, 6.45) is 1.14. The molecule has 0 bridgehead atoms. The highest BCUT2D eigenvalue weighted by Crippen LogP contribution is 2.12. The molecule has 0 fully saturated rings. The fourth-order valence-corrected chi connectivity index (χ4v) is 2.39. The van der Waals surface area contributed by atoms with Crippen LogP contribution in [0, 0.1) is 16.0 Å². The average molecular weight is 350 g/mol. The molecular formula is C18H30N4O3. The van der Waals surface area contributed by atoms with Gasteiger partial charge in [0.15, 0.2) is 5.96 Å². The van der Waals surface area contributed by atoms with Gasteiger partial charge in [0.2, 0.25) is 0 Å². The van der Waals surface area contributed by atoms with E-state index in [1.165, 1.54) is 12.1 Å². The number of nitrogens with zero attached hydrogens (tertiary/aromatic N) is 2. The second kappa shape index (κ2) is 11.4. The van der Waals surface area contributed by atoms with E-state index >= 15 is 0 Å².